The Hall–Kier alpha value is -4.18. The van der Waals surface area contributed by atoms with Gasteiger partial charge in [0.1, 0.15) is 28.3 Å². The highest BCUT2D eigenvalue weighted by molar-refractivity contribution is 7.22. The van der Waals surface area contributed by atoms with Gasteiger partial charge in [-0.1, -0.05) is 29.5 Å². The lowest BCUT2D eigenvalue weighted by molar-refractivity contribution is -0.119. The molecular formula is C24H20N4O5S. The molecule has 0 unspecified atom stereocenters. The van der Waals surface area contributed by atoms with Crippen molar-refractivity contribution in [3.05, 3.63) is 77.0 Å². The molecule has 9 nitrogen and oxygen atoms in total. The first kappa shape index (κ1) is 21.7. The Morgan fingerprint density at radius 2 is 1.82 bits per heavy atom. The molecule has 0 fully saturated rings. The average molecular weight is 477 g/mol. The van der Waals surface area contributed by atoms with Crippen LogP contribution in [0.25, 0.3) is 21.3 Å². The number of benzene rings is 2. The van der Waals surface area contributed by atoms with Gasteiger partial charge >= 0.3 is 5.76 Å². The second-order valence-electron chi connectivity index (χ2n) is 7.37. The van der Waals surface area contributed by atoms with Crippen LogP contribution >= 0.6 is 11.3 Å². The number of aromatic nitrogens is 3. The fraction of sp³-hybridized carbons (Fsp3) is 0.167. The van der Waals surface area contributed by atoms with E-state index in [1.54, 1.807) is 62.9 Å². The van der Waals surface area contributed by atoms with Crippen molar-refractivity contribution in [3.8, 4) is 11.5 Å². The zero-order valence-corrected chi connectivity index (χ0v) is 19.2. The Morgan fingerprint density at radius 3 is 2.59 bits per heavy atom. The fourth-order valence-corrected chi connectivity index (χ4v) is 4.78. The van der Waals surface area contributed by atoms with Gasteiger partial charge in [-0.3, -0.25) is 19.2 Å². The summed E-state index contributed by atoms with van der Waals surface area (Å²) in [5, 5.41) is 0.439. The Balaban J connectivity index is 1.59. The minimum Gasteiger partial charge on any atom is -0.495 e. The van der Waals surface area contributed by atoms with E-state index in [2.05, 4.69) is 4.98 Å². The predicted molar refractivity (Wildman–Crippen MR) is 129 cm³/mol. The number of thiazole rings is 1. The third kappa shape index (κ3) is 3.88. The van der Waals surface area contributed by atoms with Crippen LogP contribution in [0.4, 0.5) is 5.13 Å². The van der Waals surface area contributed by atoms with E-state index in [1.807, 2.05) is 12.1 Å². The molecule has 0 atom stereocenters. The first-order valence-corrected chi connectivity index (χ1v) is 11.2. The van der Waals surface area contributed by atoms with Crippen molar-refractivity contribution in [2.45, 2.75) is 13.1 Å². The zero-order valence-electron chi connectivity index (χ0n) is 18.4. The van der Waals surface area contributed by atoms with Crippen LogP contribution < -0.4 is 20.1 Å². The quantitative estimate of drug-likeness (QED) is 0.352. The number of oxazole rings is 1. The molecule has 3 heterocycles. The van der Waals surface area contributed by atoms with Crippen LogP contribution in [0.3, 0.4) is 0 Å². The monoisotopic (exact) mass is 476 g/mol. The Bertz CT molecular complexity index is 1500. The van der Waals surface area contributed by atoms with Gasteiger partial charge in [0.25, 0.3) is 0 Å². The number of fused-ring (bicyclic) bond motifs is 2. The number of nitrogens with zero attached hydrogens (tertiary/aromatic N) is 4. The molecule has 34 heavy (non-hydrogen) atoms. The molecule has 5 rings (SSSR count). The fourth-order valence-electron chi connectivity index (χ4n) is 3.69. The molecule has 5 aromatic rings. The van der Waals surface area contributed by atoms with Crippen molar-refractivity contribution in [3.63, 3.8) is 0 Å². The third-order valence-electron chi connectivity index (χ3n) is 5.34. The number of hydrogen-bond acceptors (Lipinski definition) is 8. The van der Waals surface area contributed by atoms with Gasteiger partial charge in [-0.25, -0.2) is 9.78 Å². The lowest BCUT2D eigenvalue weighted by Crippen LogP contribution is -2.35. The predicted octanol–water partition coefficient (Wildman–Crippen LogP) is 3.85. The molecule has 0 saturated heterocycles. The summed E-state index contributed by atoms with van der Waals surface area (Å²) in [6.45, 7) is -0.0401. The van der Waals surface area contributed by atoms with Crippen LogP contribution in [0.1, 0.15) is 5.69 Å². The average Bonchev–Trinajstić information content (AvgIpc) is 3.44. The number of carbonyl (C=O) groups excluding carboxylic acids is 1. The van der Waals surface area contributed by atoms with Crippen LogP contribution in [0.2, 0.25) is 0 Å². The van der Waals surface area contributed by atoms with E-state index < -0.39 is 5.76 Å². The molecule has 3 aromatic heterocycles. The summed E-state index contributed by atoms with van der Waals surface area (Å²) in [4.78, 5) is 36.6. The summed E-state index contributed by atoms with van der Waals surface area (Å²) in [7, 11) is 3.14. The lowest BCUT2D eigenvalue weighted by atomic mass is 10.3. The van der Waals surface area contributed by atoms with Crippen molar-refractivity contribution in [2.75, 3.05) is 19.1 Å². The maximum Gasteiger partial charge on any atom is 0.420 e. The molecule has 0 saturated carbocycles. The van der Waals surface area contributed by atoms with E-state index in [9.17, 15) is 9.59 Å². The van der Waals surface area contributed by atoms with E-state index in [4.69, 9.17) is 18.9 Å². The normalized spacial score (nSPS) is 11.1. The second-order valence-corrected chi connectivity index (χ2v) is 8.34. The summed E-state index contributed by atoms with van der Waals surface area (Å²) in [6, 6.07) is 16.0. The molecule has 172 valence electrons. The SMILES string of the molecule is COc1ccc(OC)c2sc(N(Cc3ccccn3)C(=O)Cn3c(=O)oc4ccccc43)nc12. The molecule has 0 N–H and O–H groups in total. The van der Waals surface area contributed by atoms with Crippen molar-refractivity contribution < 1.29 is 18.7 Å². The number of ether oxygens (including phenoxy) is 2. The van der Waals surface area contributed by atoms with Gasteiger partial charge in [0.05, 0.1) is 32.0 Å². The van der Waals surface area contributed by atoms with Crippen molar-refractivity contribution >= 4 is 43.7 Å². The van der Waals surface area contributed by atoms with E-state index in [-0.39, 0.29) is 19.0 Å². The highest BCUT2D eigenvalue weighted by Crippen LogP contribution is 2.40. The van der Waals surface area contributed by atoms with Crippen molar-refractivity contribution in [1.82, 2.24) is 14.5 Å². The smallest absolute Gasteiger partial charge is 0.420 e. The first-order valence-electron chi connectivity index (χ1n) is 10.4. The molecule has 0 aliphatic carbocycles. The molecule has 0 spiro atoms. The van der Waals surface area contributed by atoms with E-state index in [0.29, 0.717) is 38.9 Å². The van der Waals surface area contributed by atoms with Crippen LogP contribution in [-0.4, -0.2) is 34.7 Å². The van der Waals surface area contributed by atoms with Gasteiger partial charge in [0.15, 0.2) is 10.7 Å². The molecular weight excluding hydrogens is 456 g/mol. The Labute approximate surface area is 197 Å². The molecule has 0 bridgehead atoms. The third-order valence-corrected chi connectivity index (χ3v) is 6.44. The minimum atomic E-state index is -0.597. The van der Waals surface area contributed by atoms with Crippen molar-refractivity contribution in [1.29, 1.82) is 0 Å². The van der Waals surface area contributed by atoms with Crippen LogP contribution in [0, 0.1) is 0 Å². The largest absolute Gasteiger partial charge is 0.495 e. The summed E-state index contributed by atoms with van der Waals surface area (Å²) in [5.41, 5.74) is 2.24. The first-order chi connectivity index (χ1) is 16.6. The Kier molecular flexibility index (Phi) is 5.72. The molecule has 0 aliphatic rings. The number of para-hydroxylation sites is 2. The topological polar surface area (TPSA) is 99.7 Å². The summed E-state index contributed by atoms with van der Waals surface area (Å²) >= 11 is 1.30. The van der Waals surface area contributed by atoms with Gasteiger partial charge in [-0.15, -0.1) is 0 Å². The van der Waals surface area contributed by atoms with Crippen LogP contribution in [0.15, 0.2) is 70.0 Å². The molecule has 2 aromatic carbocycles. The standard InChI is InChI=1S/C24H20N4O5S/c1-31-18-10-11-19(32-2)22-21(18)26-23(34-22)28(13-15-7-5-6-12-25-15)20(29)14-27-16-8-3-4-9-17(16)33-24(27)30/h3-12H,13-14H2,1-2H3. The van der Waals surface area contributed by atoms with Gasteiger partial charge in [0.2, 0.25) is 5.91 Å². The number of methoxy groups -OCH3 is 2. The van der Waals surface area contributed by atoms with Gasteiger partial charge in [-0.05, 0) is 36.4 Å². The molecule has 0 aliphatic heterocycles. The number of anilines is 1. The number of carbonyl (C=O) groups is 1. The minimum absolute atomic E-state index is 0.175. The highest BCUT2D eigenvalue weighted by atomic mass is 32.1. The molecule has 0 radical (unpaired) electrons. The number of hydrogen-bond donors (Lipinski definition) is 0. The lowest BCUT2D eigenvalue weighted by Gasteiger charge is -2.19. The van der Waals surface area contributed by atoms with Gasteiger partial charge < -0.3 is 13.9 Å². The van der Waals surface area contributed by atoms with Gasteiger partial charge in [-0.2, -0.15) is 0 Å². The molecule has 1 amide bonds. The van der Waals surface area contributed by atoms with E-state index in [1.165, 1.54) is 20.8 Å². The Morgan fingerprint density at radius 1 is 1.06 bits per heavy atom. The summed E-state index contributed by atoms with van der Waals surface area (Å²) in [6.07, 6.45) is 1.66. The zero-order chi connectivity index (χ0) is 23.7. The maximum absolute atomic E-state index is 13.6. The summed E-state index contributed by atoms with van der Waals surface area (Å²) in [5.74, 6) is 0.263. The maximum atomic E-state index is 13.6. The number of rotatable bonds is 7. The van der Waals surface area contributed by atoms with Crippen molar-refractivity contribution in [2.24, 2.45) is 0 Å². The number of pyridine rings is 1. The summed E-state index contributed by atoms with van der Waals surface area (Å²) < 4.78 is 18.3. The van der Waals surface area contributed by atoms with E-state index >= 15 is 0 Å². The van der Waals surface area contributed by atoms with Gasteiger partial charge in [0, 0.05) is 6.20 Å². The second kappa shape index (κ2) is 8.99. The van der Waals surface area contributed by atoms with Crippen LogP contribution in [0.5, 0.6) is 11.5 Å². The highest BCUT2D eigenvalue weighted by Gasteiger charge is 2.25. The molecule has 10 heteroatoms. The van der Waals surface area contributed by atoms with Crippen LogP contribution in [-0.2, 0) is 17.9 Å². The number of amides is 1. The van der Waals surface area contributed by atoms with E-state index in [0.717, 1.165) is 4.70 Å².